The number of benzene rings is 1. The fourth-order valence-corrected chi connectivity index (χ4v) is 2.55. The highest BCUT2D eigenvalue weighted by atomic mass is 32.2. The van der Waals surface area contributed by atoms with Crippen LogP contribution in [-0.4, -0.2) is 22.9 Å². The first-order valence-corrected chi connectivity index (χ1v) is 6.76. The summed E-state index contributed by atoms with van der Waals surface area (Å²) in [5.41, 5.74) is 8.33. The molecule has 0 fully saturated rings. The number of nitriles is 1. The van der Waals surface area contributed by atoms with Crippen molar-refractivity contribution in [3.05, 3.63) is 34.9 Å². The smallest absolute Gasteiger partial charge is 0.320 e. The number of aryl methyl sites for hydroxylation is 1. The van der Waals surface area contributed by atoms with E-state index in [1.54, 1.807) is 17.8 Å². The van der Waals surface area contributed by atoms with Crippen molar-refractivity contribution in [2.45, 2.75) is 25.1 Å². The van der Waals surface area contributed by atoms with Crippen molar-refractivity contribution < 1.29 is 9.90 Å². The number of hydrogen-bond donors (Lipinski definition) is 2. The van der Waals surface area contributed by atoms with E-state index in [-0.39, 0.29) is 0 Å². The van der Waals surface area contributed by atoms with E-state index in [1.165, 1.54) is 5.56 Å². The Bertz CT molecular complexity index is 469. The molecule has 0 aliphatic rings. The van der Waals surface area contributed by atoms with Gasteiger partial charge in [0.05, 0.1) is 11.6 Å². The molecular formula is C13H16N2O2S. The molecule has 1 aromatic carbocycles. The Morgan fingerprint density at radius 3 is 2.89 bits per heavy atom. The van der Waals surface area contributed by atoms with Crippen LogP contribution in [0.1, 0.15) is 23.1 Å². The highest BCUT2D eigenvalue weighted by molar-refractivity contribution is 7.98. The number of rotatable bonds is 6. The van der Waals surface area contributed by atoms with Crippen LogP contribution in [0.5, 0.6) is 0 Å². The maximum Gasteiger partial charge on any atom is 0.320 e. The number of aliphatic carboxylic acids is 1. The molecule has 0 spiro atoms. The molecule has 18 heavy (non-hydrogen) atoms. The molecule has 1 aromatic rings. The maximum absolute atomic E-state index is 10.5. The Hall–Kier alpha value is -1.51. The van der Waals surface area contributed by atoms with Gasteiger partial charge in [-0.2, -0.15) is 17.0 Å². The summed E-state index contributed by atoms with van der Waals surface area (Å²) in [5.74, 6) is 0.571. The molecule has 0 saturated carbocycles. The summed E-state index contributed by atoms with van der Waals surface area (Å²) in [6, 6.07) is 6.92. The number of carbonyl (C=O) groups is 1. The van der Waals surface area contributed by atoms with Crippen LogP contribution in [0.15, 0.2) is 18.2 Å². The molecule has 0 aliphatic carbocycles. The molecule has 1 atom stereocenters. The lowest BCUT2D eigenvalue weighted by Crippen LogP contribution is -2.30. The second-order valence-electron chi connectivity index (χ2n) is 4.04. The van der Waals surface area contributed by atoms with Crippen molar-refractivity contribution in [1.29, 1.82) is 5.26 Å². The van der Waals surface area contributed by atoms with Crippen LogP contribution >= 0.6 is 11.8 Å². The van der Waals surface area contributed by atoms with Crippen molar-refractivity contribution in [1.82, 2.24) is 0 Å². The zero-order valence-corrected chi connectivity index (χ0v) is 11.0. The summed E-state index contributed by atoms with van der Waals surface area (Å²) in [4.78, 5) is 10.5. The van der Waals surface area contributed by atoms with E-state index >= 15 is 0 Å². The lowest BCUT2D eigenvalue weighted by molar-refractivity contribution is -0.138. The molecule has 0 aliphatic heterocycles. The molecule has 1 unspecified atom stereocenters. The molecule has 0 saturated heterocycles. The quantitative estimate of drug-likeness (QED) is 0.766. The Morgan fingerprint density at radius 2 is 2.33 bits per heavy atom. The monoisotopic (exact) mass is 264 g/mol. The van der Waals surface area contributed by atoms with Crippen LogP contribution < -0.4 is 5.73 Å². The van der Waals surface area contributed by atoms with Crippen molar-refractivity contribution in [2.75, 3.05) is 5.75 Å². The van der Waals surface area contributed by atoms with E-state index in [0.29, 0.717) is 17.7 Å². The summed E-state index contributed by atoms with van der Waals surface area (Å²) in [7, 11) is 0. The van der Waals surface area contributed by atoms with Crippen LogP contribution in [0.3, 0.4) is 0 Å². The number of thioether (sulfide) groups is 1. The van der Waals surface area contributed by atoms with E-state index in [9.17, 15) is 4.79 Å². The van der Waals surface area contributed by atoms with Gasteiger partial charge in [-0.3, -0.25) is 4.79 Å². The van der Waals surface area contributed by atoms with E-state index in [2.05, 4.69) is 6.07 Å². The Morgan fingerprint density at radius 1 is 1.61 bits per heavy atom. The second kappa shape index (κ2) is 7.04. The summed E-state index contributed by atoms with van der Waals surface area (Å²) in [6.45, 7) is 1.97. The Balaban J connectivity index is 2.41. The number of nitrogens with two attached hydrogens (primary N) is 1. The normalized spacial score (nSPS) is 11.8. The summed E-state index contributed by atoms with van der Waals surface area (Å²) in [5, 5.41) is 17.4. The van der Waals surface area contributed by atoms with E-state index in [4.69, 9.17) is 16.1 Å². The van der Waals surface area contributed by atoms with Crippen molar-refractivity contribution in [2.24, 2.45) is 5.73 Å². The minimum Gasteiger partial charge on any atom is -0.480 e. The minimum absolute atomic E-state index is 0.468. The molecule has 0 bridgehead atoms. The summed E-state index contributed by atoms with van der Waals surface area (Å²) in [6.07, 6.45) is 0.468. The summed E-state index contributed by atoms with van der Waals surface area (Å²) < 4.78 is 0. The first-order valence-electron chi connectivity index (χ1n) is 5.60. The van der Waals surface area contributed by atoms with Crippen LogP contribution in [-0.2, 0) is 10.5 Å². The lowest BCUT2D eigenvalue weighted by Gasteiger charge is -2.08. The van der Waals surface area contributed by atoms with Gasteiger partial charge in [0, 0.05) is 5.75 Å². The third kappa shape index (κ3) is 4.40. The third-order valence-electron chi connectivity index (χ3n) is 2.62. The fraction of sp³-hybridized carbons (Fsp3) is 0.385. The Kier molecular flexibility index (Phi) is 5.69. The van der Waals surface area contributed by atoms with E-state index in [0.717, 1.165) is 11.3 Å². The zero-order valence-electron chi connectivity index (χ0n) is 10.2. The van der Waals surface area contributed by atoms with Gasteiger partial charge in [-0.05, 0) is 42.4 Å². The third-order valence-corrected chi connectivity index (χ3v) is 3.66. The highest BCUT2D eigenvalue weighted by Gasteiger charge is 2.10. The maximum atomic E-state index is 10.5. The van der Waals surface area contributed by atoms with E-state index < -0.39 is 12.0 Å². The largest absolute Gasteiger partial charge is 0.480 e. The van der Waals surface area contributed by atoms with Crippen LogP contribution in [0.4, 0.5) is 0 Å². The van der Waals surface area contributed by atoms with Gasteiger partial charge in [-0.25, -0.2) is 0 Å². The van der Waals surface area contributed by atoms with Gasteiger partial charge in [0.2, 0.25) is 0 Å². The second-order valence-corrected chi connectivity index (χ2v) is 5.14. The Labute approximate surface area is 111 Å². The summed E-state index contributed by atoms with van der Waals surface area (Å²) >= 11 is 1.65. The van der Waals surface area contributed by atoms with Gasteiger partial charge < -0.3 is 10.8 Å². The van der Waals surface area contributed by atoms with Gasteiger partial charge in [-0.15, -0.1) is 0 Å². The minimum atomic E-state index is -0.954. The van der Waals surface area contributed by atoms with Crippen molar-refractivity contribution >= 4 is 17.7 Å². The van der Waals surface area contributed by atoms with E-state index in [1.807, 2.05) is 19.1 Å². The standard InChI is InChI=1S/C13H16N2O2S/c1-9-6-10(7-14)2-3-11(9)8-18-5-4-12(15)13(16)17/h2-3,6,12H,4-5,8,15H2,1H3,(H,16,17). The number of carboxylic acids is 1. The SMILES string of the molecule is Cc1cc(C#N)ccc1CSCCC(N)C(=O)O. The first kappa shape index (κ1) is 14.6. The van der Waals surface area contributed by atoms with Crippen LogP contribution in [0.25, 0.3) is 0 Å². The first-order chi connectivity index (χ1) is 8.54. The number of nitrogens with zero attached hydrogens (tertiary/aromatic N) is 1. The number of carboxylic acid groups (broad SMARTS) is 1. The van der Waals surface area contributed by atoms with Crippen molar-refractivity contribution in [3.63, 3.8) is 0 Å². The number of hydrogen-bond acceptors (Lipinski definition) is 4. The molecule has 96 valence electrons. The molecule has 3 N–H and O–H groups in total. The molecule has 1 rings (SSSR count). The predicted octanol–water partition coefficient (Wildman–Crippen LogP) is 1.90. The van der Waals surface area contributed by atoms with Gasteiger partial charge in [-0.1, -0.05) is 6.07 Å². The molecule has 0 amide bonds. The van der Waals surface area contributed by atoms with Gasteiger partial charge >= 0.3 is 5.97 Å². The molecule has 0 radical (unpaired) electrons. The highest BCUT2D eigenvalue weighted by Crippen LogP contribution is 2.18. The van der Waals surface area contributed by atoms with Crippen LogP contribution in [0, 0.1) is 18.3 Å². The van der Waals surface area contributed by atoms with Crippen LogP contribution in [0.2, 0.25) is 0 Å². The average Bonchev–Trinajstić information content (AvgIpc) is 2.35. The fourth-order valence-electron chi connectivity index (χ4n) is 1.44. The molecular weight excluding hydrogens is 248 g/mol. The zero-order chi connectivity index (χ0) is 13.5. The average molecular weight is 264 g/mol. The molecule has 4 nitrogen and oxygen atoms in total. The lowest BCUT2D eigenvalue weighted by atomic mass is 10.1. The van der Waals surface area contributed by atoms with Crippen molar-refractivity contribution in [3.8, 4) is 6.07 Å². The molecule has 0 aromatic heterocycles. The molecule has 0 heterocycles. The van der Waals surface area contributed by atoms with Gasteiger partial charge in [0.15, 0.2) is 0 Å². The predicted molar refractivity (Wildman–Crippen MR) is 72.3 cm³/mol. The topological polar surface area (TPSA) is 87.1 Å². The molecule has 5 heteroatoms. The van der Waals surface area contributed by atoms with Gasteiger partial charge in [0.25, 0.3) is 0 Å². The van der Waals surface area contributed by atoms with Gasteiger partial charge in [0.1, 0.15) is 6.04 Å².